The molecule has 1 heterocycles. The van der Waals surface area contributed by atoms with Gasteiger partial charge in [0.1, 0.15) is 0 Å². The van der Waals surface area contributed by atoms with Crippen molar-refractivity contribution < 1.29 is 9.59 Å². The number of hydrogen-bond donors (Lipinski definition) is 2. The van der Waals surface area contributed by atoms with Gasteiger partial charge < -0.3 is 10.6 Å². The van der Waals surface area contributed by atoms with Gasteiger partial charge in [0.2, 0.25) is 11.8 Å². The third-order valence-electron chi connectivity index (χ3n) is 2.90. The highest BCUT2D eigenvalue weighted by atomic mass is 79.9. The molecule has 1 aromatic carbocycles. The minimum atomic E-state index is -0.660. The van der Waals surface area contributed by atoms with Gasteiger partial charge in [-0.15, -0.1) is 0 Å². The molecule has 1 aliphatic rings. The van der Waals surface area contributed by atoms with Crippen LogP contribution in [0.15, 0.2) is 28.7 Å². The number of carbonyl (C=O) groups excluding carboxylic acids is 2. The third-order valence-corrected chi connectivity index (χ3v) is 3.59. The standard InChI is InChI=1S/C12H13BrN2O2/c1-12(6-10(16)14-7-12)11(17)15-9-5-3-2-4-8(9)13/h2-5H,6-7H2,1H3,(H,14,16)(H,15,17). The first-order chi connectivity index (χ1) is 8.01. The fourth-order valence-electron chi connectivity index (χ4n) is 1.77. The van der Waals surface area contributed by atoms with E-state index >= 15 is 0 Å². The van der Waals surface area contributed by atoms with Crippen LogP contribution in [0.4, 0.5) is 5.69 Å². The van der Waals surface area contributed by atoms with Gasteiger partial charge in [-0.1, -0.05) is 12.1 Å². The van der Waals surface area contributed by atoms with Gasteiger partial charge in [0, 0.05) is 17.4 Å². The predicted octanol–water partition coefficient (Wildman–Crippen LogP) is 1.91. The number of nitrogens with one attached hydrogen (secondary N) is 2. The van der Waals surface area contributed by atoms with Gasteiger partial charge in [-0.25, -0.2) is 0 Å². The fourth-order valence-corrected chi connectivity index (χ4v) is 2.15. The minimum Gasteiger partial charge on any atom is -0.355 e. The zero-order valence-corrected chi connectivity index (χ0v) is 11.0. The molecule has 2 N–H and O–H groups in total. The van der Waals surface area contributed by atoms with Crippen molar-refractivity contribution in [2.45, 2.75) is 13.3 Å². The lowest BCUT2D eigenvalue weighted by atomic mass is 9.88. The molecule has 0 bridgehead atoms. The fraction of sp³-hybridized carbons (Fsp3) is 0.333. The molecule has 17 heavy (non-hydrogen) atoms. The van der Waals surface area contributed by atoms with Crippen LogP contribution in [0.5, 0.6) is 0 Å². The second-order valence-corrected chi connectivity index (χ2v) is 5.30. The smallest absolute Gasteiger partial charge is 0.232 e. The molecule has 5 heteroatoms. The Balaban J connectivity index is 2.12. The van der Waals surface area contributed by atoms with Crippen molar-refractivity contribution in [1.82, 2.24) is 5.32 Å². The van der Waals surface area contributed by atoms with Gasteiger partial charge in [0.25, 0.3) is 0 Å². The van der Waals surface area contributed by atoms with E-state index in [1.165, 1.54) is 0 Å². The number of hydrogen-bond acceptors (Lipinski definition) is 2. The highest BCUT2D eigenvalue weighted by molar-refractivity contribution is 9.10. The molecule has 1 aromatic rings. The van der Waals surface area contributed by atoms with E-state index in [0.717, 1.165) is 10.2 Å². The summed E-state index contributed by atoms with van der Waals surface area (Å²) in [6.45, 7) is 2.18. The van der Waals surface area contributed by atoms with Crippen LogP contribution in [0.3, 0.4) is 0 Å². The maximum absolute atomic E-state index is 12.1. The summed E-state index contributed by atoms with van der Waals surface area (Å²) in [7, 11) is 0. The summed E-state index contributed by atoms with van der Waals surface area (Å²) in [4.78, 5) is 23.3. The highest BCUT2D eigenvalue weighted by Crippen LogP contribution is 2.29. The summed E-state index contributed by atoms with van der Waals surface area (Å²) in [6.07, 6.45) is 0.239. The Morgan fingerprint density at radius 2 is 2.18 bits per heavy atom. The first-order valence-corrected chi connectivity index (χ1v) is 6.13. The molecular formula is C12H13BrN2O2. The van der Waals surface area contributed by atoms with Crippen molar-refractivity contribution in [3.63, 3.8) is 0 Å². The maximum atomic E-state index is 12.1. The molecule has 1 fully saturated rings. The van der Waals surface area contributed by atoms with Crippen molar-refractivity contribution in [1.29, 1.82) is 0 Å². The van der Waals surface area contributed by atoms with Crippen LogP contribution in [0.25, 0.3) is 0 Å². The van der Waals surface area contributed by atoms with Crippen molar-refractivity contribution in [3.05, 3.63) is 28.7 Å². The Kier molecular flexibility index (Phi) is 3.19. The highest BCUT2D eigenvalue weighted by Gasteiger charge is 2.40. The molecule has 0 radical (unpaired) electrons. The number of amides is 2. The Morgan fingerprint density at radius 3 is 2.76 bits per heavy atom. The summed E-state index contributed by atoms with van der Waals surface area (Å²) >= 11 is 3.37. The predicted molar refractivity (Wildman–Crippen MR) is 68.5 cm³/mol. The first kappa shape index (κ1) is 12.1. The summed E-state index contributed by atoms with van der Waals surface area (Å²) in [5.74, 6) is -0.211. The van der Waals surface area contributed by atoms with Gasteiger partial charge in [0.05, 0.1) is 11.1 Å². The molecule has 0 aromatic heterocycles. The average Bonchev–Trinajstić information content (AvgIpc) is 2.63. The van der Waals surface area contributed by atoms with Crippen molar-refractivity contribution in [3.8, 4) is 0 Å². The molecule has 0 spiro atoms. The van der Waals surface area contributed by atoms with E-state index in [0.29, 0.717) is 6.54 Å². The Morgan fingerprint density at radius 1 is 1.47 bits per heavy atom. The molecule has 1 atom stereocenters. The van der Waals surface area contributed by atoms with E-state index in [1.54, 1.807) is 6.92 Å². The topological polar surface area (TPSA) is 58.2 Å². The Labute approximate surface area is 108 Å². The van der Waals surface area contributed by atoms with Crippen molar-refractivity contribution in [2.75, 3.05) is 11.9 Å². The summed E-state index contributed by atoms with van der Waals surface area (Å²) < 4.78 is 0.828. The molecule has 90 valence electrons. The quantitative estimate of drug-likeness (QED) is 0.876. The van der Waals surface area contributed by atoms with Gasteiger partial charge in [-0.2, -0.15) is 0 Å². The number of rotatable bonds is 2. The number of benzene rings is 1. The van der Waals surface area contributed by atoms with Crippen LogP contribution >= 0.6 is 15.9 Å². The molecule has 1 saturated heterocycles. The van der Waals surface area contributed by atoms with E-state index < -0.39 is 5.41 Å². The summed E-state index contributed by atoms with van der Waals surface area (Å²) in [5.41, 5.74) is 0.0601. The SMILES string of the molecule is CC1(C(=O)Nc2ccccc2Br)CNC(=O)C1. The normalized spacial score (nSPS) is 23.3. The number of halogens is 1. The Hall–Kier alpha value is -1.36. The van der Waals surface area contributed by atoms with Gasteiger partial charge in [-0.05, 0) is 35.0 Å². The van der Waals surface area contributed by atoms with Crippen molar-refractivity contribution in [2.24, 2.45) is 5.41 Å². The molecular weight excluding hydrogens is 284 g/mol. The molecule has 1 aliphatic heterocycles. The largest absolute Gasteiger partial charge is 0.355 e. The van der Waals surface area contributed by atoms with E-state index in [2.05, 4.69) is 26.6 Å². The molecule has 2 amide bonds. The zero-order chi connectivity index (χ0) is 12.5. The second-order valence-electron chi connectivity index (χ2n) is 4.45. The molecule has 0 saturated carbocycles. The monoisotopic (exact) mass is 296 g/mol. The average molecular weight is 297 g/mol. The van der Waals surface area contributed by atoms with Crippen LogP contribution < -0.4 is 10.6 Å². The van der Waals surface area contributed by atoms with E-state index in [9.17, 15) is 9.59 Å². The van der Waals surface area contributed by atoms with Gasteiger partial charge >= 0.3 is 0 Å². The number of anilines is 1. The van der Waals surface area contributed by atoms with Crippen LogP contribution in [0.2, 0.25) is 0 Å². The molecule has 1 unspecified atom stereocenters. The molecule has 4 nitrogen and oxygen atoms in total. The van der Waals surface area contributed by atoms with Crippen LogP contribution in [-0.4, -0.2) is 18.4 Å². The van der Waals surface area contributed by atoms with E-state index in [4.69, 9.17) is 0 Å². The van der Waals surface area contributed by atoms with Gasteiger partial charge in [0.15, 0.2) is 0 Å². The molecule has 2 rings (SSSR count). The molecule has 0 aliphatic carbocycles. The second kappa shape index (κ2) is 4.49. The van der Waals surface area contributed by atoms with E-state index in [-0.39, 0.29) is 18.2 Å². The van der Waals surface area contributed by atoms with E-state index in [1.807, 2.05) is 24.3 Å². The summed E-state index contributed by atoms with van der Waals surface area (Å²) in [5, 5.41) is 5.52. The van der Waals surface area contributed by atoms with Gasteiger partial charge in [-0.3, -0.25) is 9.59 Å². The number of para-hydroxylation sites is 1. The first-order valence-electron chi connectivity index (χ1n) is 5.34. The third kappa shape index (κ3) is 2.49. The summed E-state index contributed by atoms with van der Waals surface area (Å²) in [6, 6.07) is 7.40. The lowest BCUT2D eigenvalue weighted by molar-refractivity contribution is -0.126. The Bertz CT molecular complexity index is 475. The lowest BCUT2D eigenvalue weighted by Gasteiger charge is -2.20. The lowest BCUT2D eigenvalue weighted by Crippen LogP contribution is -2.35. The number of carbonyl (C=O) groups is 2. The van der Waals surface area contributed by atoms with Crippen molar-refractivity contribution >= 4 is 33.4 Å². The van der Waals surface area contributed by atoms with Crippen LogP contribution in [-0.2, 0) is 9.59 Å². The zero-order valence-electron chi connectivity index (χ0n) is 9.42. The van der Waals surface area contributed by atoms with Crippen LogP contribution in [0.1, 0.15) is 13.3 Å². The maximum Gasteiger partial charge on any atom is 0.232 e. The minimum absolute atomic E-state index is 0.0743. The van der Waals surface area contributed by atoms with Crippen LogP contribution in [0, 0.1) is 5.41 Å².